The molecule has 0 unspecified atom stereocenters. The fourth-order valence-corrected chi connectivity index (χ4v) is 5.39. The summed E-state index contributed by atoms with van der Waals surface area (Å²) in [5.74, 6) is 0. The van der Waals surface area contributed by atoms with Crippen molar-refractivity contribution in [3.63, 3.8) is 0 Å². The number of pyridine rings is 1. The molecule has 0 amide bonds. The van der Waals surface area contributed by atoms with Gasteiger partial charge in [-0.3, -0.25) is 4.98 Å². The summed E-state index contributed by atoms with van der Waals surface area (Å²) in [5.41, 5.74) is 12.4. The minimum absolute atomic E-state index is 1.20. The summed E-state index contributed by atoms with van der Waals surface area (Å²) < 4.78 is 2.37. The molecular weight excluding hydrogens is 412 g/mol. The largest absolute Gasteiger partial charge is 0.309 e. The van der Waals surface area contributed by atoms with Gasteiger partial charge >= 0.3 is 0 Å². The molecule has 7 rings (SSSR count). The van der Waals surface area contributed by atoms with Crippen LogP contribution in [0.5, 0.6) is 0 Å². The van der Waals surface area contributed by atoms with Gasteiger partial charge in [-0.1, -0.05) is 60.7 Å². The van der Waals surface area contributed by atoms with Crippen molar-refractivity contribution in [2.24, 2.45) is 0 Å². The number of nitrogens with zero attached hydrogens (tertiary/aromatic N) is 2. The molecule has 0 atom stereocenters. The van der Waals surface area contributed by atoms with Crippen molar-refractivity contribution in [3.8, 4) is 16.8 Å². The Hall–Kier alpha value is -4.43. The van der Waals surface area contributed by atoms with Crippen LogP contribution in [0.3, 0.4) is 0 Å². The third kappa shape index (κ3) is 2.79. The number of hydrogen-bond acceptors (Lipinski definition) is 1. The van der Waals surface area contributed by atoms with E-state index in [9.17, 15) is 0 Å². The Morgan fingerprint density at radius 1 is 0.647 bits per heavy atom. The minimum atomic E-state index is 1.20. The number of rotatable bonds is 2. The molecule has 0 radical (unpaired) electrons. The van der Waals surface area contributed by atoms with E-state index < -0.39 is 0 Å². The van der Waals surface area contributed by atoms with E-state index in [1.165, 1.54) is 66.4 Å². The van der Waals surface area contributed by atoms with Gasteiger partial charge in [-0.15, -0.1) is 0 Å². The fraction of sp³-hybridized carbons (Fsp3) is 0.0312. The Kier molecular flexibility index (Phi) is 4.09. The van der Waals surface area contributed by atoms with Gasteiger partial charge in [0, 0.05) is 34.4 Å². The van der Waals surface area contributed by atoms with Crippen LogP contribution in [0.25, 0.3) is 50.3 Å². The highest BCUT2D eigenvalue weighted by Crippen LogP contribution is 2.44. The summed E-state index contributed by atoms with van der Waals surface area (Å²) in [6, 6.07) is 35.0. The first kappa shape index (κ1) is 19.1. The lowest BCUT2D eigenvalue weighted by molar-refractivity contribution is 1.17. The molecule has 6 aromatic rings. The van der Waals surface area contributed by atoms with E-state index in [2.05, 4.69) is 120 Å². The first-order valence-electron chi connectivity index (χ1n) is 11.6. The molecular formula is C32H22N2. The zero-order valence-electron chi connectivity index (χ0n) is 18.9. The van der Waals surface area contributed by atoms with Gasteiger partial charge in [0.05, 0.1) is 11.0 Å². The standard InChI is InChI=1S/C32H22N2/c1-21-7-6-8-23(17-21)34-31-12-5-4-11-27(31)29-19-22(13-14-32(29)34)18-28-25-10-3-2-9-24(25)26-15-16-33-20-30(26)28/h2-20H,1H3/b28-18+. The van der Waals surface area contributed by atoms with Crippen LogP contribution < -0.4 is 0 Å². The van der Waals surface area contributed by atoms with Gasteiger partial charge in [0.25, 0.3) is 0 Å². The summed E-state index contributed by atoms with van der Waals surface area (Å²) >= 11 is 0. The molecule has 160 valence electrons. The molecule has 0 saturated heterocycles. The molecule has 0 fully saturated rings. The average molecular weight is 435 g/mol. The second-order valence-electron chi connectivity index (χ2n) is 8.99. The van der Waals surface area contributed by atoms with Crippen molar-refractivity contribution in [3.05, 3.63) is 132 Å². The number of fused-ring (bicyclic) bond motifs is 6. The lowest BCUT2D eigenvalue weighted by Gasteiger charge is -2.09. The molecule has 2 nitrogen and oxygen atoms in total. The van der Waals surface area contributed by atoms with Crippen molar-refractivity contribution in [2.75, 3.05) is 0 Å². The highest BCUT2D eigenvalue weighted by Gasteiger charge is 2.23. The lowest BCUT2D eigenvalue weighted by Crippen LogP contribution is -1.94. The monoisotopic (exact) mass is 434 g/mol. The second kappa shape index (κ2) is 7.29. The second-order valence-corrected chi connectivity index (χ2v) is 8.99. The Balaban J connectivity index is 1.47. The van der Waals surface area contributed by atoms with Gasteiger partial charge < -0.3 is 4.57 Å². The first-order chi connectivity index (χ1) is 16.8. The van der Waals surface area contributed by atoms with E-state index in [0.717, 1.165) is 0 Å². The zero-order valence-corrected chi connectivity index (χ0v) is 18.9. The van der Waals surface area contributed by atoms with Crippen LogP contribution in [0, 0.1) is 6.92 Å². The first-order valence-corrected chi connectivity index (χ1v) is 11.6. The van der Waals surface area contributed by atoms with Crippen LogP contribution in [0.2, 0.25) is 0 Å². The van der Waals surface area contributed by atoms with Crippen LogP contribution in [0.15, 0.2) is 109 Å². The van der Waals surface area contributed by atoms with E-state index in [-0.39, 0.29) is 0 Å². The summed E-state index contributed by atoms with van der Waals surface area (Å²) in [7, 11) is 0. The topological polar surface area (TPSA) is 17.8 Å². The van der Waals surface area contributed by atoms with E-state index in [4.69, 9.17) is 0 Å². The predicted octanol–water partition coefficient (Wildman–Crippen LogP) is 8.06. The summed E-state index contributed by atoms with van der Waals surface area (Å²) in [4.78, 5) is 4.42. The molecule has 1 aliphatic carbocycles. The van der Waals surface area contributed by atoms with E-state index >= 15 is 0 Å². The van der Waals surface area contributed by atoms with Crippen LogP contribution in [-0.2, 0) is 0 Å². The normalized spacial score (nSPS) is 13.5. The number of hydrogen-bond donors (Lipinski definition) is 0. The highest BCUT2D eigenvalue weighted by molar-refractivity contribution is 6.11. The number of benzene rings is 4. The smallest absolute Gasteiger partial charge is 0.0541 e. The van der Waals surface area contributed by atoms with Crippen molar-refractivity contribution >= 4 is 33.5 Å². The molecule has 0 aliphatic heterocycles. The van der Waals surface area contributed by atoms with Crippen LogP contribution in [-0.4, -0.2) is 9.55 Å². The summed E-state index contributed by atoms with van der Waals surface area (Å²) in [6.45, 7) is 2.15. The maximum atomic E-state index is 4.42. The molecule has 0 bridgehead atoms. The number of aryl methyl sites for hydroxylation is 1. The number of para-hydroxylation sites is 1. The summed E-state index contributed by atoms with van der Waals surface area (Å²) in [6.07, 6.45) is 6.18. The maximum absolute atomic E-state index is 4.42. The third-order valence-corrected chi connectivity index (χ3v) is 6.89. The van der Waals surface area contributed by atoms with Gasteiger partial charge in [0.15, 0.2) is 0 Å². The van der Waals surface area contributed by atoms with Gasteiger partial charge in [0.2, 0.25) is 0 Å². The molecule has 2 heterocycles. The van der Waals surface area contributed by atoms with Crippen molar-refractivity contribution in [1.29, 1.82) is 0 Å². The van der Waals surface area contributed by atoms with Gasteiger partial charge in [-0.2, -0.15) is 0 Å². The number of aromatic nitrogens is 2. The molecule has 2 aromatic heterocycles. The fourth-order valence-electron chi connectivity index (χ4n) is 5.39. The molecule has 2 heteroatoms. The van der Waals surface area contributed by atoms with Crippen molar-refractivity contribution in [2.45, 2.75) is 6.92 Å². The molecule has 0 spiro atoms. The molecule has 34 heavy (non-hydrogen) atoms. The Labute approximate surface area is 198 Å². The van der Waals surface area contributed by atoms with Crippen molar-refractivity contribution in [1.82, 2.24) is 9.55 Å². The SMILES string of the molecule is Cc1cccc(-n2c3ccccc3c3cc(/C=C4\c5ccccc5-c5ccncc54)ccc32)c1. The maximum Gasteiger partial charge on any atom is 0.0541 e. The molecule has 0 saturated carbocycles. The third-order valence-electron chi connectivity index (χ3n) is 6.89. The van der Waals surface area contributed by atoms with Crippen LogP contribution in [0.4, 0.5) is 0 Å². The van der Waals surface area contributed by atoms with E-state index in [1.807, 2.05) is 12.4 Å². The lowest BCUT2D eigenvalue weighted by atomic mass is 10.0. The van der Waals surface area contributed by atoms with Crippen LogP contribution in [0.1, 0.15) is 22.3 Å². The van der Waals surface area contributed by atoms with E-state index in [0.29, 0.717) is 0 Å². The van der Waals surface area contributed by atoms with Gasteiger partial charge in [-0.05, 0) is 82.8 Å². The Bertz CT molecular complexity index is 1720. The highest BCUT2D eigenvalue weighted by atomic mass is 15.0. The predicted molar refractivity (Wildman–Crippen MR) is 142 cm³/mol. The molecule has 4 aromatic carbocycles. The quantitative estimate of drug-likeness (QED) is 0.269. The van der Waals surface area contributed by atoms with E-state index in [1.54, 1.807) is 0 Å². The van der Waals surface area contributed by atoms with Crippen molar-refractivity contribution < 1.29 is 0 Å². The Morgan fingerprint density at radius 2 is 1.44 bits per heavy atom. The van der Waals surface area contributed by atoms with Crippen LogP contribution >= 0.6 is 0 Å². The molecule has 0 N–H and O–H groups in total. The van der Waals surface area contributed by atoms with Gasteiger partial charge in [-0.25, -0.2) is 0 Å². The average Bonchev–Trinajstić information content (AvgIpc) is 3.37. The minimum Gasteiger partial charge on any atom is -0.309 e. The summed E-state index contributed by atoms with van der Waals surface area (Å²) in [5, 5.41) is 2.54. The zero-order chi connectivity index (χ0) is 22.6. The van der Waals surface area contributed by atoms with Gasteiger partial charge in [0.1, 0.15) is 0 Å². The Morgan fingerprint density at radius 3 is 2.35 bits per heavy atom. The molecule has 1 aliphatic rings.